The van der Waals surface area contributed by atoms with E-state index in [1.165, 1.54) is 22.9 Å². The van der Waals surface area contributed by atoms with Crippen LogP contribution in [0.5, 0.6) is 0 Å². The van der Waals surface area contributed by atoms with Crippen LogP contribution in [0.1, 0.15) is 6.42 Å². The van der Waals surface area contributed by atoms with Gasteiger partial charge >= 0.3 is 0 Å². The van der Waals surface area contributed by atoms with E-state index in [2.05, 4.69) is 15.0 Å². The van der Waals surface area contributed by atoms with Crippen molar-refractivity contribution < 1.29 is 14.6 Å². The number of aromatic nitrogens is 5. The quantitative estimate of drug-likeness (QED) is 0.471. The van der Waals surface area contributed by atoms with Gasteiger partial charge in [-0.3, -0.25) is 4.79 Å². The molecule has 3 N–H and O–H groups in total. The van der Waals surface area contributed by atoms with E-state index in [4.69, 9.17) is 0 Å². The molecule has 27 heavy (non-hydrogen) atoms. The molecular formula is C18H18FN5O3. The first-order chi connectivity index (χ1) is 13.1. The lowest BCUT2D eigenvalue weighted by Crippen LogP contribution is -2.16. The van der Waals surface area contributed by atoms with Crippen molar-refractivity contribution in [2.24, 2.45) is 5.92 Å². The van der Waals surface area contributed by atoms with Gasteiger partial charge in [0.15, 0.2) is 11.2 Å². The number of H-pyrrole nitrogens is 1. The first-order valence-corrected chi connectivity index (χ1v) is 8.54. The summed E-state index contributed by atoms with van der Waals surface area (Å²) in [6.07, 6.45) is 3.68. The number of fused-ring (bicyclic) bond motifs is 2. The van der Waals surface area contributed by atoms with Crippen LogP contribution in [-0.2, 0) is 6.54 Å². The molecular weight excluding hydrogens is 353 g/mol. The number of nitrogens with zero attached hydrogens (tertiary/aromatic N) is 4. The molecule has 0 aliphatic heterocycles. The van der Waals surface area contributed by atoms with Gasteiger partial charge in [-0.25, -0.2) is 13.8 Å². The minimum Gasteiger partial charge on any atom is -0.396 e. The summed E-state index contributed by atoms with van der Waals surface area (Å²) in [5, 5.41) is 18.4. The van der Waals surface area contributed by atoms with Crippen LogP contribution in [0.25, 0.3) is 28.2 Å². The maximum absolute atomic E-state index is 13.1. The highest BCUT2D eigenvalue weighted by Gasteiger charge is 2.15. The van der Waals surface area contributed by atoms with Gasteiger partial charge in [0.1, 0.15) is 5.82 Å². The third-order valence-electron chi connectivity index (χ3n) is 4.63. The zero-order chi connectivity index (χ0) is 19.0. The molecule has 9 heteroatoms. The van der Waals surface area contributed by atoms with Crippen molar-refractivity contribution in [2.75, 3.05) is 13.2 Å². The highest BCUT2D eigenvalue weighted by atomic mass is 19.1. The number of aromatic amines is 1. The number of imidazole rings is 2. The molecule has 0 atom stereocenters. The number of hydrogen-bond donors (Lipinski definition) is 3. The second-order valence-corrected chi connectivity index (χ2v) is 6.42. The van der Waals surface area contributed by atoms with Crippen molar-refractivity contribution in [2.45, 2.75) is 13.0 Å². The van der Waals surface area contributed by atoms with Crippen LogP contribution < -0.4 is 5.56 Å². The molecule has 0 spiro atoms. The Kier molecular flexibility index (Phi) is 4.46. The van der Waals surface area contributed by atoms with Gasteiger partial charge in [-0.15, -0.1) is 0 Å². The zero-order valence-corrected chi connectivity index (χ0v) is 14.3. The SMILES string of the molecule is O=c1c2ncn(CCC(CO)CO)c2nc2[nH]c(-c3ccc(F)cc3)cn12. The van der Waals surface area contributed by atoms with Crippen LogP contribution in [-0.4, -0.2) is 47.3 Å². The Bertz CT molecular complexity index is 1140. The molecule has 140 valence electrons. The summed E-state index contributed by atoms with van der Waals surface area (Å²) in [5.74, 6) is -0.213. The molecule has 0 amide bonds. The van der Waals surface area contributed by atoms with Crippen molar-refractivity contribution >= 4 is 16.9 Å². The number of nitrogens with one attached hydrogen (secondary N) is 1. The second-order valence-electron chi connectivity index (χ2n) is 6.42. The van der Waals surface area contributed by atoms with Crippen molar-refractivity contribution in [1.29, 1.82) is 0 Å². The lowest BCUT2D eigenvalue weighted by atomic mass is 10.1. The first kappa shape index (κ1) is 17.4. The molecule has 0 saturated heterocycles. The van der Waals surface area contributed by atoms with Gasteiger partial charge in [0, 0.05) is 31.9 Å². The van der Waals surface area contributed by atoms with E-state index in [0.29, 0.717) is 30.1 Å². The van der Waals surface area contributed by atoms with E-state index in [1.54, 1.807) is 22.9 Å². The molecule has 0 aliphatic carbocycles. The number of aryl methyl sites for hydroxylation is 1. The highest BCUT2D eigenvalue weighted by molar-refractivity contribution is 5.73. The number of hydrogen-bond acceptors (Lipinski definition) is 5. The van der Waals surface area contributed by atoms with Gasteiger partial charge in [0.05, 0.1) is 12.0 Å². The summed E-state index contributed by atoms with van der Waals surface area (Å²) < 4.78 is 16.2. The normalized spacial score (nSPS) is 11.9. The molecule has 1 aromatic carbocycles. The van der Waals surface area contributed by atoms with Crippen molar-refractivity contribution in [1.82, 2.24) is 23.9 Å². The van der Waals surface area contributed by atoms with Crippen LogP contribution >= 0.6 is 0 Å². The lowest BCUT2D eigenvalue weighted by molar-refractivity contribution is 0.140. The summed E-state index contributed by atoms with van der Waals surface area (Å²) >= 11 is 0. The Balaban J connectivity index is 1.76. The van der Waals surface area contributed by atoms with E-state index in [-0.39, 0.29) is 36.0 Å². The fraction of sp³-hybridized carbons (Fsp3) is 0.278. The highest BCUT2D eigenvalue weighted by Crippen LogP contribution is 2.19. The van der Waals surface area contributed by atoms with Crippen molar-refractivity contribution in [3.8, 4) is 11.3 Å². The van der Waals surface area contributed by atoms with Crippen LogP contribution in [0.15, 0.2) is 41.6 Å². The predicted molar refractivity (Wildman–Crippen MR) is 96.8 cm³/mol. The predicted octanol–water partition coefficient (Wildman–Crippen LogP) is 1.17. The van der Waals surface area contributed by atoms with E-state index in [9.17, 15) is 19.4 Å². The molecule has 3 heterocycles. The number of halogens is 1. The molecule has 0 saturated carbocycles. The average molecular weight is 371 g/mol. The number of benzene rings is 1. The molecule has 3 aromatic heterocycles. The Labute approximate surface area is 152 Å². The molecule has 0 fully saturated rings. The van der Waals surface area contributed by atoms with E-state index >= 15 is 0 Å². The minimum atomic E-state index is -0.335. The monoisotopic (exact) mass is 371 g/mol. The molecule has 0 unspecified atom stereocenters. The van der Waals surface area contributed by atoms with Crippen LogP contribution in [0.4, 0.5) is 4.39 Å². The van der Waals surface area contributed by atoms with E-state index < -0.39 is 0 Å². The Morgan fingerprint density at radius 3 is 2.63 bits per heavy atom. The van der Waals surface area contributed by atoms with Crippen LogP contribution in [0, 0.1) is 11.7 Å². The molecule has 4 aromatic rings. The van der Waals surface area contributed by atoms with Crippen molar-refractivity contribution in [3.05, 3.63) is 53.0 Å². The average Bonchev–Trinajstić information content (AvgIpc) is 3.28. The first-order valence-electron chi connectivity index (χ1n) is 8.54. The Morgan fingerprint density at radius 1 is 1.19 bits per heavy atom. The maximum atomic E-state index is 13.1. The van der Waals surface area contributed by atoms with Gasteiger partial charge in [-0.1, -0.05) is 0 Å². The molecule has 0 aliphatic rings. The third kappa shape index (κ3) is 3.11. The zero-order valence-electron chi connectivity index (χ0n) is 14.3. The van der Waals surface area contributed by atoms with E-state index in [1.807, 2.05) is 0 Å². The van der Waals surface area contributed by atoms with E-state index in [0.717, 1.165) is 5.56 Å². The second kappa shape index (κ2) is 6.93. The maximum Gasteiger partial charge on any atom is 0.287 e. The molecule has 0 bridgehead atoms. The third-order valence-corrected chi connectivity index (χ3v) is 4.63. The Hall–Kier alpha value is -3.04. The summed E-state index contributed by atoms with van der Waals surface area (Å²) in [5.41, 5.74) is 1.73. The Morgan fingerprint density at radius 2 is 1.93 bits per heavy atom. The van der Waals surface area contributed by atoms with Crippen molar-refractivity contribution in [3.63, 3.8) is 0 Å². The van der Waals surface area contributed by atoms with Gasteiger partial charge in [0.2, 0.25) is 5.78 Å². The number of aliphatic hydroxyl groups is 2. The number of rotatable bonds is 6. The summed E-state index contributed by atoms with van der Waals surface area (Å²) in [7, 11) is 0. The van der Waals surface area contributed by atoms with Crippen LogP contribution in [0.2, 0.25) is 0 Å². The fourth-order valence-electron chi connectivity index (χ4n) is 3.00. The largest absolute Gasteiger partial charge is 0.396 e. The minimum absolute atomic E-state index is 0.110. The summed E-state index contributed by atoms with van der Waals surface area (Å²) in [6, 6.07) is 5.93. The van der Waals surface area contributed by atoms with Crippen LogP contribution in [0.3, 0.4) is 0 Å². The molecule has 0 radical (unpaired) electrons. The standard InChI is InChI=1S/C18H18FN5O3/c19-13-3-1-12(2-4-13)14-7-24-17(27)15-16(22-18(24)21-14)23(10-20-15)6-5-11(8-25)9-26/h1-4,7,10-11,25-26H,5-6,8-9H2,(H,21,22). The number of aliphatic hydroxyl groups excluding tert-OH is 2. The smallest absolute Gasteiger partial charge is 0.287 e. The summed E-state index contributed by atoms with van der Waals surface area (Å²) in [6.45, 7) is 0.249. The lowest BCUT2D eigenvalue weighted by Gasteiger charge is -2.10. The molecule has 4 rings (SSSR count). The molecule has 8 nitrogen and oxygen atoms in total. The van der Waals surface area contributed by atoms with Gasteiger partial charge in [0.25, 0.3) is 5.56 Å². The topological polar surface area (TPSA) is 108 Å². The summed E-state index contributed by atoms with van der Waals surface area (Å²) in [4.78, 5) is 24.5. The van der Waals surface area contributed by atoms with Gasteiger partial charge < -0.3 is 19.8 Å². The van der Waals surface area contributed by atoms with Gasteiger partial charge in [-0.05, 0) is 36.2 Å². The fourth-order valence-corrected chi connectivity index (χ4v) is 3.00. The van der Waals surface area contributed by atoms with Gasteiger partial charge in [-0.2, -0.15) is 4.98 Å².